The largest absolute Gasteiger partial charge is 0.383 e. The molecule has 0 radical (unpaired) electrons. The van der Waals surface area contributed by atoms with Gasteiger partial charge in [0, 0.05) is 38.7 Å². The SMILES string of the molecule is CNc1nc2c(cc(-c3cc(F)cc(C#N)c3)n2CC(C#N)NCCOC)c2c1ncn2C. The van der Waals surface area contributed by atoms with Crippen molar-refractivity contribution in [3.05, 3.63) is 42.0 Å². The number of rotatable bonds is 8. The first kappa shape index (κ1) is 22.2. The van der Waals surface area contributed by atoms with Gasteiger partial charge in [-0.3, -0.25) is 5.32 Å². The quantitative estimate of drug-likeness (QED) is 0.400. The monoisotopic (exact) mass is 446 g/mol. The number of hydrogen-bond acceptors (Lipinski definition) is 7. The molecule has 33 heavy (non-hydrogen) atoms. The smallest absolute Gasteiger partial charge is 0.156 e. The molecule has 4 rings (SSSR count). The number of aromatic nitrogens is 4. The highest BCUT2D eigenvalue weighted by Crippen LogP contribution is 2.35. The molecule has 0 aliphatic heterocycles. The molecule has 10 heteroatoms. The Balaban J connectivity index is 1.98. The summed E-state index contributed by atoms with van der Waals surface area (Å²) in [6.07, 6.45) is 1.71. The van der Waals surface area contributed by atoms with Crippen LogP contribution in [0.15, 0.2) is 30.6 Å². The highest BCUT2D eigenvalue weighted by atomic mass is 19.1. The average Bonchev–Trinajstić information content (AvgIpc) is 3.38. The van der Waals surface area contributed by atoms with Gasteiger partial charge in [-0.05, 0) is 24.3 Å². The molecule has 3 aromatic heterocycles. The van der Waals surface area contributed by atoms with Crippen LogP contribution in [0.4, 0.5) is 10.2 Å². The molecule has 2 N–H and O–H groups in total. The Hall–Kier alpha value is -3.99. The predicted molar refractivity (Wildman–Crippen MR) is 123 cm³/mol. The molecule has 0 aliphatic carbocycles. The molecule has 1 atom stereocenters. The summed E-state index contributed by atoms with van der Waals surface area (Å²) in [4.78, 5) is 9.25. The lowest BCUT2D eigenvalue weighted by atomic mass is 10.1. The minimum atomic E-state index is -0.541. The Morgan fingerprint density at radius 3 is 2.76 bits per heavy atom. The summed E-state index contributed by atoms with van der Waals surface area (Å²) in [6.45, 7) is 1.23. The highest BCUT2D eigenvalue weighted by molar-refractivity contribution is 6.07. The molecule has 1 unspecified atom stereocenters. The van der Waals surface area contributed by atoms with Crippen LogP contribution in [0.1, 0.15) is 5.56 Å². The van der Waals surface area contributed by atoms with Crippen molar-refractivity contribution in [3.63, 3.8) is 0 Å². The van der Waals surface area contributed by atoms with E-state index in [4.69, 9.17) is 9.72 Å². The maximum Gasteiger partial charge on any atom is 0.156 e. The van der Waals surface area contributed by atoms with Crippen LogP contribution in [0.2, 0.25) is 0 Å². The minimum Gasteiger partial charge on any atom is -0.383 e. The van der Waals surface area contributed by atoms with Crippen molar-refractivity contribution in [2.24, 2.45) is 7.05 Å². The van der Waals surface area contributed by atoms with Crippen LogP contribution < -0.4 is 10.6 Å². The van der Waals surface area contributed by atoms with E-state index < -0.39 is 11.9 Å². The van der Waals surface area contributed by atoms with Crippen molar-refractivity contribution >= 4 is 27.9 Å². The van der Waals surface area contributed by atoms with Gasteiger partial charge in [0.15, 0.2) is 5.82 Å². The predicted octanol–water partition coefficient (Wildman–Crippen LogP) is 2.77. The zero-order valence-electron chi connectivity index (χ0n) is 18.6. The number of ether oxygens (including phenoxy) is 1. The maximum atomic E-state index is 14.3. The van der Waals surface area contributed by atoms with E-state index in [1.165, 1.54) is 12.1 Å². The summed E-state index contributed by atoms with van der Waals surface area (Å²) < 4.78 is 23.2. The second kappa shape index (κ2) is 9.25. The number of anilines is 1. The van der Waals surface area contributed by atoms with E-state index in [2.05, 4.69) is 21.7 Å². The van der Waals surface area contributed by atoms with E-state index in [1.807, 2.05) is 28.3 Å². The third kappa shape index (κ3) is 4.10. The van der Waals surface area contributed by atoms with Gasteiger partial charge in [-0.1, -0.05) is 0 Å². The number of halogens is 1. The van der Waals surface area contributed by atoms with Crippen LogP contribution in [0.3, 0.4) is 0 Å². The van der Waals surface area contributed by atoms with E-state index in [-0.39, 0.29) is 12.1 Å². The Labute approximate surface area is 190 Å². The van der Waals surface area contributed by atoms with Crippen LogP contribution >= 0.6 is 0 Å². The van der Waals surface area contributed by atoms with Gasteiger partial charge in [-0.2, -0.15) is 10.5 Å². The van der Waals surface area contributed by atoms with E-state index >= 15 is 0 Å². The second-order valence-electron chi connectivity index (χ2n) is 7.61. The lowest BCUT2D eigenvalue weighted by Crippen LogP contribution is -2.34. The molecule has 0 spiro atoms. The molecular formula is C23H23FN8O. The number of nitriles is 2. The molecular weight excluding hydrogens is 423 g/mol. The molecule has 3 heterocycles. The fourth-order valence-corrected chi connectivity index (χ4v) is 3.98. The number of benzene rings is 1. The van der Waals surface area contributed by atoms with Gasteiger partial charge in [0.1, 0.15) is 23.0 Å². The van der Waals surface area contributed by atoms with Gasteiger partial charge in [-0.25, -0.2) is 14.4 Å². The summed E-state index contributed by atoms with van der Waals surface area (Å²) >= 11 is 0. The summed E-state index contributed by atoms with van der Waals surface area (Å²) in [5.41, 5.74) is 3.59. The van der Waals surface area contributed by atoms with Crippen molar-refractivity contribution in [2.45, 2.75) is 12.6 Å². The van der Waals surface area contributed by atoms with E-state index in [0.717, 1.165) is 10.9 Å². The van der Waals surface area contributed by atoms with Gasteiger partial charge < -0.3 is 19.2 Å². The van der Waals surface area contributed by atoms with Gasteiger partial charge in [0.25, 0.3) is 0 Å². The fourth-order valence-electron chi connectivity index (χ4n) is 3.98. The van der Waals surface area contributed by atoms with Crippen molar-refractivity contribution < 1.29 is 9.13 Å². The molecule has 4 aromatic rings. The Kier molecular flexibility index (Phi) is 6.22. The molecule has 0 amide bonds. The van der Waals surface area contributed by atoms with Gasteiger partial charge in [0.2, 0.25) is 0 Å². The number of nitrogens with zero attached hydrogens (tertiary/aromatic N) is 6. The number of nitrogens with one attached hydrogen (secondary N) is 2. The topological polar surface area (TPSA) is 117 Å². The minimum absolute atomic E-state index is 0.214. The Morgan fingerprint density at radius 1 is 1.24 bits per heavy atom. The lowest BCUT2D eigenvalue weighted by Gasteiger charge is -2.16. The van der Waals surface area contributed by atoms with Crippen molar-refractivity contribution in [2.75, 3.05) is 32.6 Å². The number of fused-ring (bicyclic) bond motifs is 3. The van der Waals surface area contributed by atoms with Gasteiger partial charge >= 0.3 is 0 Å². The van der Waals surface area contributed by atoms with Crippen LogP contribution in [0.5, 0.6) is 0 Å². The first-order valence-corrected chi connectivity index (χ1v) is 10.4. The third-order valence-electron chi connectivity index (χ3n) is 5.48. The normalized spacial score (nSPS) is 12.1. The summed E-state index contributed by atoms with van der Waals surface area (Å²) in [5.74, 6) is 0.0901. The molecule has 9 nitrogen and oxygen atoms in total. The molecule has 0 bridgehead atoms. The summed E-state index contributed by atoms with van der Waals surface area (Å²) in [7, 11) is 5.26. The van der Waals surface area contributed by atoms with Gasteiger partial charge in [-0.15, -0.1) is 0 Å². The fraction of sp³-hybridized carbons (Fsp3) is 0.304. The Morgan fingerprint density at radius 2 is 2.06 bits per heavy atom. The molecule has 0 saturated heterocycles. The van der Waals surface area contributed by atoms with E-state index in [1.54, 1.807) is 26.6 Å². The zero-order chi connectivity index (χ0) is 23.5. The van der Waals surface area contributed by atoms with Crippen molar-refractivity contribution in [3.8, 4) is 23.4 Å². The number of pyridine rings is 1. The first-order chi connectivity index (χ1) is 16.0. The standard InChI is InChI=1S/C23H23FN8O/c1-27-22-20-21(31(2)13-29-20)18-9-19(15-6-14(10-25)7-16(24)8-15)32(23(18)30-22)12-17(11-26)28-4-5-33-3/h6-9,13,17,28H,4-5,12H2,1-3H3,(H,27,30). The first-order valence-electron chi connectivity index (χ1n) is 10.4. The van der Waals surface area contributed by atoms with Crippen LogP contribution in [-0.2, 0) is 18.3 Å². The lowest BCUT2D eigenvalue weighted by molar-refractivity contribution is 0.197. The number of hydrogen-bond donors (Lipinski definition) is 2. The molecule has 168 valence electrons. The Bertz CT molecular complexity index is 1410. The number of methoxy groups -OCH3 is 1. The number of aryl methyl sites for hydroxylation is 1. The van der Waals surface area contributed by atoms with Crippen LogP contribution in [0.25, 0.3) is 33.3 Å². The van der Waals surface area contributed by atoms with Crippen molar-refractivity contribution in [1.29, 1.82) is 10.5 Å². The average molecular weight is 446 g/mol. The van der Waals surface area contributed by atoms with Crippen molar-refractivity contribution in [1.82, 2.24) is 24.4 Å². The second-order valence-corrected chi connectivity index (χ2v) is 7.61. The molecule has 0 fully saturated rings. The van der Waals surface area contributed by atoms with Gasteiger partial charge in [0.05, 0.1) is 48.4 Å². The highest BCUT2D eigenvalue weighted by Gasteiger charge is 2.22. The molecule has 1 aromatic carbocycles. The van der Waals surface area contributed by atoms with Crippen LogP contribution in [-0.4, -0.2) is 52.5 Å². The van der Waals surface area contributed by atoms with E-state index in [9.17, 15) is 14.9 Å². The molecule has 0 aliphatic rings. The summed E-state index contributed by atoms with van der Waals surface area (Å²) in [5, 5.41) is 26.2. The third-order valence-corrected chi connectivity index (χ3v) is 5.48. The maximum absolute atomic E-state index is 14.3. The van der Waals surface area contributed by atoms with Crippen LogP contribution in [0, 0.1) is 28.5 Å². The molecule has 0 saturated carbocycles. The zero-order valence-corrected chi connectivity index (χ0v) is 18.6. The van der Waals surface area contributed by atoms with E-state index in [0.29, 0.717) is 41.4 Å². The summed E-state index contributed by atoms with van der Waals surface area (Å²) in [6, 6.07) is 9.85. The number of imidazole rings is 1.